The number of benzene rings is 6. The van der Waals surface area contributed by atoms with Gasteiger partial charge in [-0.05, 0) is 109 Å². The van der Waals surface area contributed by atoms with Crippen LogP contribution in [0.3, 0.4) is 0 Å². The van der Waals surface area contributed by atoms with E-state index in [0.717, 1.165) is 51.2 Å². The number of rotatable bonds is 6. The van der Waals surface area contributed by atoms with Gasteiger partial charge in [0.2, 0.25) is 0 Å². The molecule has 2 heterocycles. The smallest absolute Gasteiger partial charge is 0.187 e. The van der Waals surface area contributed by atoms with Crippen molar-refractivity contribution in [1.82, 2.24) is 19.5 Å². The fraction of sp³-hybridized carbons (Fsp3) is 0.200. The Labute approximate surface area is 321 Å². The molecule has 0 saturated heterocycles. The van der Waals surface area contributed by atoms with Gasteiger partial charge in [-0.3, -0.25) is 0 Å². The maximum atomic E-state index is 7.57. The van der Waals surface area contributed by atoms with Crippen molar-refractivity contribution in [3.8, 4) is 51.0 Å². The predicted molar refractivity (Wildman–Crippen MR) is 222 cm³/mol. The van der Waals surface area contributed by atoms with Crippen molar-refractivity contribution in [2.45, 2.75) is 43.9 Å². The van der Waals surface area contributed by atoms with Gasteiger partial charge in [0.25, 0.3) is 0 Å². The number of nitrogens with zero attached hydrogens (tertiary/aromatic N) is 5. The minimum Gasteiger partial charge on any atom is -0.309 e. The zero-order valence-corrected chi connectivity index (χ0v) is 30.6. The molecule has 0 atom stereocenters. The van der Waals surface area contributed by atoms with Gasteiger partial charge in [0.15, 0.2) is 23.2 Å². The molecule has 0 radical (unpaired) electrons. The van der Waals surface area contributed by atoms with Gasteiger partial charge < -0.3 is 4.57 Å². The average Bonchev–Trinajstić information content (AvgIpc) is 3.57. The monoisotopic (exact) mass is 709 g/mol. The van der Waals surface area contributed by atoms with E-state index in [1.54, 1.807) is 11.6 Å². The molecule has 4 aliphatic carbocycles. The average molecular weight is 710 g/mol. The van der Waals surface area contributed by atoms with Crippen LogP contribution in [0, 0.1) is 24.3 Å². The van der Waals surface area contributed by atoms with Gasteiger partial charge in [0, 0.05) is 33.2 Å². The first-order valence-corrected chi connectivity index (χ1v) is 19.6. The second-order valence-electron chi connectivity index (χ2n) is 16.2. The Morgan fingerprint density at radius 1 is 0.491 bits per heavy atom. The predicted octanol–water partition coefficient (Wildman–Crippen LogP) is 12.7. The van der Waals surface area contributed by atoms with Crippen LogP contribution in [0.5, 0.6) is 0 Å². The summed E-state index contributed by atoms with van der Waals surface area (Å²) < 4.78 is 2.35. The van der Waals surface area contributed by atoms with E-state index in [1.807, 2.05) is 48.5 Å². The van der Waals surface area contributed by atoms with Crippen LogP contribution >= 0.6 is 0 Å². The molecule has 0 aliphatic heterocycles. The van der Waals surface area contributed by atoms with Crippen molar-refractivity contribution < 1.29 is 0 Å². The Kier molecular flexibility index (Phi) is 7.35. The van der Waals surface area contributed by atoms with Gasteiger partial charge in [-0.25, -0.2) is 19.8 Å². The zero-order chi connectivity index (χ0) is 36.5. The fourth-order valence-corrected chi connectivity index (χ4v) is 10.7. The molecule has 4 fully saturated rings. The lowest BCUT2D eigenvalue weighted by atomic mass is 9.48. The van der Waals surface area contributed by atoms with E-state index in [4.69, 9.17) is 21.5 Å². The zero-order valence-electron chi connectivity index (χ0n) is 30.6. The third-order valence-corrected chi connectivity index (χ3v) is 12.8. The molecular formula is C50H39N5. The molecule has 0 amide bonds. The number of hydrogen-bond acceptors (Lipinski definition) is 3. The molecule has 5 heteroatoms. The summed E-state index contributed by atoms with van der Waals surface area (Å²) in [6, 6.07) is 51.2. The lowest BCUT2D eigenvalue weighted by Crippen LogP contribution is -2.48. The number of hydrogen-bond donors (Lipinski definition) is 0. The third-order valence-electron chi connectivity index (χ3n) is 12.8. The van der Waals surface area contributed by atoms with Gasteiger partial charge in [-0.2, -0.15) is 0 Å². The first-order valence-electron chi connectivity index (χ1n) is 19.6. The second kappa shape index (κ2) is 12.6. The lowest BCUT2D eigenvalue weighted by Gasteiger charge is -2.57. The summed E-state index contributed by atoms with van der Waals surface area (Å²) in [5.74, 6) is 4.57. The molecule has 12 rings (SSSR count). The standard InChI is InChI=1S/C50H39N5/c1-51-41-11-7-10-38(27-41)48-52-47(37-8-3-2-4-9-37)53-49(54-48)39-18-23-44-43-12-5-6-13-45(43)55(46(44)28-39)42-21-16-36(17-22-42)35-14-19-40(20-15-35)50-29-32-24-33(30-50)26-34(25-32)31-50/h2-23,27-28,32-34H,24-26,29-31H2. The first kappa shape index (κ1) is 32.1. The Bertz CT molecular complexity index is 2760. The Morgan fingerprint density at radius 3 is 1.71 bits per heavy atom. The summed E-state index contributed by atoms with van der Waals surface area (Å²) in [5.41, 5.74) is 11.0. The van der Waals surface area contributed by atoms with Gasteiger partial charge in [0.1, 0.15) is 0 Å². The Morgan fingerprint density at radius 2 is 1.04 bits per heavy atom. The van der Waals surface area contributed by atoms with E-state index >= 15 is 0 Å². The summed E-state index contributed by atoms with van der Waals surface area (Å²) in [7, 11) is 0. The van der Waals surface area contributed by atoms with Crippen LogP contribution in [0.2, 0.25) is 0 Å². The minimum atomic E-state index is 0.419. The van der Waals surface area contributed by atoms with Crippen LogP contribution in [0.1, 0.15) is 44.1 Å². The van der Waals surface area contributed by atoms with E-state index in [9.17, 15) is 0 Å². The molecule has 4 saturated carbocycles. The first-order chi connectivity index (χ1) is 27.1. The van der Waals surface area contributed by atoms with Crippen molar-refractivity contribution in [2.24, 2.45) is 17.8 Å². The molecule has 4 aliphatic rings. The highest BCUT2D eigenvalue weighted by molar-refractivity contribution is 6.10. The molecule has 2 aromatic heterocycles. The molecule has 0 N–H and O–H groups in total. The Balaban J connectivity index is 0.981. The van der Waals surface area contributed by atoms with Crippen molar-refractivity contribution in [3.63, 3.8) is 0 Å². The highest BCUT2D eigenvalue weighted by atomic mass is 15.0. The van der Waals surface area contributed by atoms with Crippen LogP contribution < -0.4 is 0 Å². The molecule has 0 spiro atoms. The van der Waals surface area contributed by atoms with Crippen LogP contribution in [-0.2, 0) is 5.41 Å². The maximum absolute atomic E-state index is 7.57. The van der Waals surface area contributed by atoms with Gasteiger partial charge in [-0.1, -0.05) is 115 Å². The summed E-state index contributed by atoms with van der Waals surface area (Å²) in [6.45, 7) is 7.57. The quantitative estimate of drug-likeness (QED) is 0.162. The highest BCUT2D eigenvalue weighted by Crippen LogP contribution is 2.60. The van der Waals surface area contributed by atoms with Crippen molar-refractivity contribution >= 4 is 27.5 Å². The summed E-state index contributed by atoms with van der Waals surface area (Å²) in [5, 5.41) is 2.37. The van der Waals surface area contributed by atoms with Crippen LogP contribution in [-0.4, -0.2) is 19.5 Å². The summed E-state index contributed by atoms with van der Waals surface area (Å²) in [6.07, 6.45) is 8.62. The minimum absolute atomic E-state index is 0.419. The van der Waals surface area contributed by atoms with Gasteiger partial charge in [0.05, 0.1) is 17.6 Å². The Hall–Kier alpha value is -6.38. The molecule has 8 aromatic rings. The highest BCUT2D eigenvalue weighted by Gasteiger charge is 2.51. The summed E-state index contributed by atoms with van der Waals surface area (Å²) >= 11 is 0. The summed E-state index contributed by atoms with van der Waals surface area (Å²) in [4.78, 5) is 18.6. The third kappa shape index (κ3) is 5.47. The maximum Gasteiger partial charge on any atom is 0.187 e. The van der Waals surface area contributed by atoms with Gasteiger partial charge >= 0.3 is 0 Å². The van der Waals surface area contributed by atoms with Crippen LogP contribution in [0.4, 0.5) is 5.69 Å². The van der Waals surface area contributed by atoms with Crippen LogP contribution in [0.15, 0.2) is 146 Å². The fourth-order valence-electron chi connectivity index (χ4n) is 10.7. The number of para-hydroxylation sites is 1. The van der Waals surface area contributed by atoms with Crippen molar-refractivity contribution in [1.29, 1.82) is 0 Å². The van der Waals surface area contributed by atoms with E-state index in [2.05, 4.69) is 100 Å². The van der Waals surface area contributed by atoms with Crippen molar-refractivity contribution in [2.75, 3.05) is 0 Å². The van der Waals surface area contributed by atoms with E-state index < -0.39 is 0 Å². The molecule has 5 nitrogen and oxygen atoms in total. The number of aromatic nitrogens is 4. The molecule has 264 valence electrons. The van der Waals surface area contributed by atoms with Crippen molar-refractivity contribution in [3.05, 3.63) is 163 Å². The molecule has 0 unspecified atom stereocenters. The molecule has 6 aromatic carbocycles. The van der Waals surface area contributed by atoms with E-state index in [0.29, 0.717) is 28.6 Å². The normalized spacial score (nSPS) is 21.3. The van der Waals surface area contributed by atoms with E-state index in [-0.39, 0.29) is 0 Å². The molecule has 4 bridgehead atoms. The molecular weight excluding hydrogens is 671 g/mol. The lowest BCUT2D eigenvalue weighted by molar-refractivity contribution is -0.00518. The SMILES string of the molecule is [C-]#[N+]c1cccc(-c2nc(-c3ccccc3)nc(-c3ccc4c5ccccc5n(-c5ccc(-c6ccc(C78CC9CC(CC(C9)C7)C8)cc6)cc5)c4c3)n2)c1. The number of fused-ring (bicyclic) bond motifs is 3. The second-order valence-corrected chi connectivity index (χ2v) is 16.2. The topological polar surface area (TPSA) is 48.0 Å². The van der Waals surface area contributed by atoms with Gasteiger partial charge in [-0.15, -0.1) is 0 Å². The van der Waals surface area contributed by atoms with Crippen LogP contribution in [0.25, 0.3) is 77.6 Å². The van der Waals surface area contributed by atoms with E-state index in [1.165, 1.54) is 60.4 Å². The largest absolute Gasteiger partial charge is 0.309 e. The molecule has 55 heavy (non-hydrogen) atoms.